The highest BCUT2D eigenvalue weighted by molar-refractivity contribution is 5.76. The molecule has 0 aliphatic rings. The Morgan fingerprint density at radius 2 is 1.47 bits per heavy atom. The lowest BCUT2D eigenvalue weighted by Crippen LogP contribution is -2.23. The molecule has 0 radical (unpaired) electrons. The van der Waals surface area contributed by atoms with E-state index in [4.69, 9.17) is 0 Å². The van der Waals surface area contributed by atoms with Crippen LogP contribution >= 0.6 is 0 Å². The van der Waals surface area contributed by atoms with Gasteiger partial charge in [0, 0.05) is 19.4 Å². The van der Waals surface area contributed by atoms with E-state index in [0.29, 0.717) is 19.4 Å². The molecule has 4 nitrogen and oxygen atoms in total. The van der Waals surface area contributed by atoms with E-state index in [2.05, 4.69) is 11.1 Å². The van der Waals surface area contributed by atoms with Gasteiger partial charge >= 0.3 is 0 Å². The number of carbonyl (C=O) groups excluding carboxylic acids is 2. The van der Waals surface area contributed by atoms with Crippen LogP contribution in [-0.4, -0.2) is 25.3 Å². The third-order valence-electron chi connectivity index (χ3n) is 1.35. The Balaban J connectivity index is -0.000000121. The molecule has 3 N–H and O–H groups in total. The average molecular weight is 248 g/mol. The van der Waals surface area contributed by atoms with Gasteiger partial charge in [0.2, 0.25) is 5.91 Å². The predicted octanol–water partition coefficient (Wildman–Crippen LogP) is 2.51. The van der Waals surface area contributed by atoms with Crippen molar-refractivity contribution in [2.45, 2.75) is 60.8 Å². The quantitative estimate of drug-likeness (QED) is 0.734. The second-order valence-electron chi connectivity index (χ2n) is 2.51. The number of ketones is 1. The lowest BCUT2D eigenvalue weighted by Gasteiger charge is -2.00. The van der Waals surface area contributed by atoms with Crippen LogP contribution in [0.3, 0.4) is 0 Å². The number of amides is 1. The third-order valence-corrected chi connectivity index (χ3v) is 1.35. The molecule has 0 aliphatic heterocycles. The summed E-state index contributed by atoms with van der Waals surface area (Å²) in [5.74, 6) is 0.226. The number of rotatable bonds is 5. The Morgan fingerprint density at radius 1 is 1.06 bits per heavy atom. The minimum Gasteiger partial charge on any atom is -0.356 e. The van der Waals surface area contributed by atoms with Crippen LogP contribution in [0.4, 0.5) is 0 Å². The molecular formula is C13H32N2O2. The fourth-order valence-electron chi connectivity index (χ4n) is 0.690. The Morgan fingerprint density at radius 3 is 1.76 bits per heavy atom. The standard InChI is InChI=1S/C8H15NO2.2C2H6.CH5N/c1-3-8(11)9-6-4-5-7(2)10;3*1-2/h3-6H2,1-2H3,(H,9,11);2*1-2H3;2H2,1H3. The molecule has 0 atom stereocenters. The molecule has 0 unspecified atom stereocenters. The molecule has 4 heteroatoms. The van der Waals surface area contributed by atoms with Gasteiger partial charge in [0.1, 0.15) is 5.78 Å². The summed E-state index contributed by atoms with van der Waals surface area (Å²) in [6.07, 6.45) is 1.82. The van der Waals surface area contributed by atoms with Crippen molar-refractivity contribution in [3.05, 3.63) is 0 Å². The smallest absolute Gasteiger partial charge is 0.219 e. The topological polar surface area (TPSA) is 72.2 Å². The van der Waals surface area contributed by atoms with Gasteiger partial charge in [-0.25, -0.2) is 0 Å². The predicted molar refractivity (Wildman–Crippen MR) is 76.0 cm³/mol. The number of carbonyl (C=O) groups is 2. The molecule has 0 rings (SSSR count). The van der Waals surface area contributed by atoms with Crippen molar-refractivity contribution >= 4 is 11.7 Å². The van der Waals surface area contributed by atoms with Crippen LogP contribution in [0.1, 0.15) is 60.8 Å². The zero-order valence-corrected chi connectivity index (χ0v) is 12.7. The molecule has 106 valence electrons. The summed E-state index contributed by atoms with van der Waals surface area (Å²) in [7, 11) is 1.50. The van der Waals surface area contributed by atoms with Gasteiger partial charge in [-0.3, -0.25) is 4.79 Å². The van der Waals surface area contributed by atoms with E-state index >= 15 is 0 Å². The van der Waals surface area contributed by atoms with Crippen LogP contribution < -0.4 is 11.1 Å². The van der Waals surface area contributed by atoms with E-state index < -0.39 is 0 Å². The molecule has 17 heavy (non-hydrogen) atoms. The Bertz CT molecular complexity index is 148. The summed E-state index contributed by atoms with van der Waals surface area (Å²) >= 11 is 0. The summed E-state index contributed by atoms with van der Waals surface area (Å²) in [5.41, 5.74) is 4.50. The minimum atomic E-state index is 0.0496. The van der Waals surface area contributed by atoms with Crippen molar-refractivity contribution in [1.82, 2.24) is 5.32 Å². The number of nitrogens with two attached hydrogens (primary N) is 1. The van der Waals surface area contributed by atoms with Gasteiger partial charge < -0.3 is 15.8 Å². The molecule has 0 saturated carbocycles. The van der Waals surface area contributed by atoms with Gasteiger partial charge in [-0.2, -0.15) is 0 Å². The van der Waals surface area contributed by atoms with Gasteiger partial charge in [-0.15, -0.1) is 0 Å². The SMILES string of the molecule is CC.CC.CCC(=O)NCCCC(C)=O.CN. The van der Waals surface area contributed by atoms with E-state index in [9.17, 15) is 9.59 Å². The molecule has 0 bridgehead atoms. The zero-order valence-electron chi connectivity index (χ0n) is 12.7. The molecule has 0 aromatic rings. The highest BCUT2D eigenvalue weighted by Gasteiger charge is 1.96. The second kappa shape index (κ2) is 29.4. The van der Waals surface area contributed by atoms with Crippen LogP contribution in [0.5, 0.6) is 0 Å². The number of Topliss-reactive ketones (excluding diaryl/α,β-unsaturated/α-hetero) is 1. The molecule has 0 fully saturated rings. The fraction of sp³-hybridized carbons (Fsp3) is 0.846. The maximum atomic E-state index is 10.7. The largest absolute Gasteiger partial charge is 0.356 e. The van der Waals surface area contributed by atoms with Crippen LogP contribution in [-0.2, 0) is 9.59 Å². The van der Waals surface area contributed by atoms with E-state index in [-0.39, 0.29) is 11.7 Å². The molecule has 0 spiro atoms. The highest BCUT2D eigenvalue weighted by Crippen LogP contribution is 1.87. The van der Waals surface area contributed by atoms with Crippen molar-refractivity contribution < 1.29 is 9.59 Å². The lowest BCUT2D eigenvalue weighted by atomic mass is 10.2. The summed E-state index contributed by atoms with van der Waals surface area (Å²) < 4.78 is 0. The first-order chi connectivity index (χ1) is 8.16. The first-order valence-corrected chi connectivity index (χ1v) is 6.50. The Hall–Kier alpha value is -0.900. The van der Waals surface area contributed by atoms with Gasteiger partial charge in [0.15, 0.2) is 0 Å². The van der Waals surface area contributed by atoms with Gasteiger partial charge in [0.05, 0.1) is 0 Å². The molecule has 1 amide bonds. The van der Waals surface area contributed by atoms with Crippen molar-refractivity contribution in [3.8, 4) is 0 Å². The first-order valence-electron chi connectivity index (χ1n) is 6.50. The van der Waals surface area contributed by atoms with Gasteiger partial charge in [-0.1, -0.05) is 34.6 Å². The molecule has 0 heterocycles. The van der Waals surface area contributed by atoms with E-state index in [1.165, 1.54) is 7.05 Å². The molecular weight excluding hydrogens is 216 g/mol. The lowest BCUT2D eigenvalue weighted by molar-refractivity contribution is -0.121. The first kappa shape index (κ1) is 25.1. The van der Waals surface area contributed by atoms with E-state index in [1.807, 2.05) is 27.7 Å². The van der Waals surface area contributed by atoms with Crippen molar-refractivity contribution in [2.24, 2.45) is 5.73 Å². The Kier molecular flexibility index (Phi) is 43.4. The summed E-state index contributed by atoms with van der Waals surface area (Å²) in [5, 5.41) is 2.70. The van der Waals surface area contributed by atoms with Crippen LogP contribution in [0.15, 0.2) is 0 Å². The monoisotopic (exact) mass is 248 g/mol. The van der Waals surface area contributed by atoms with Crippen LogP contribution in [0.25, 0.3) is 0 Å². The average Bonchev–Trinajstić information content (AvgIpc) is 2.41. The van der Waals surface area contributed by atoms with E-state index in [1.54, 1.807) is 13.8 Å². The van der Waals surface area contributed by atoms with Crippen molar-refractivity contribution in [2.75, 3.05) is 13.6 Å². The highest BCUT2D eigenvalue weighted by atomic mass is 16.1. The van der Waals surface area contributed by atoms with E-state index in [0.717, 1.165) is 6.42 Å². The summed E-state index contributed by atoms with van der Waals surface area (Å²) in [6.45, 7) is 12.0. The minimum absolute atomic E-state index is 0.0496. The second-order valence-corrected chi connectivity index (χ2v) is 2.51. The number of nitrogens with one attached hydrogen (secondary N) is 1. The molecule has 0 aromatic carbocycles. The van der Waals surface area contributed by atoms with Crippen LogP contribution in [0.2, 0.25) is 0 Å². The number of hydrogen-bond donors (Lipinski definition) is 2. The number of hydrogen-bond acceptors (Lipinski definition) is 3. The maximum Gasteiger partial charge on any atom is 0.219 e. The normalized spacial score (nSPS) is 7.06. The van der Waals surface area contributed by atoms with Gasteiger partial charge in [-0.05, 0) is 20.4 Å². The third kappa shape index (κ3) is 39.5. The summed E-state index contributed by atoms with van der Waals surface area (Å²) in [6, 6.07) is 0. The van der Waals surface area contributed by atoms with Crippen LogP contribution in [0, 0.1) is 0 Å². The molecule has 0 aliphatic carbocycles. The van der Waals surface area contributed by atoms with Gasteiger partial charge in [0.25, 0.3) is 0 Å². The fourth-order valence-corrected chi connectivity index (χ4v) is 0.690. The molecule has 0 saturated heterocycles. The van der Waals surface area contributed by atoms with Crippen molar-refractivity contribution in [1.29, 1.82) is 0 Å². The van der Waals surface area contributed by atoms with Crippen molar-refractivity contribution in [3.63, 3.8) is 0 Å². The molecule has 0 aromatic heterocycles. The Labute approximate surface area is 107 Å². The zero-order chi connectivity index (χ0) is 14.7. The maximum absolute atomic E-state index is 10.7. The summed E-state index contributed by atoms with van der Waals surface area (Å²) in [4.78, 5) is 21.1.